The van der Waals surface area contributed by atoms with Gasteiger partial charge >= 0.3 is 0 Å². The molecule has 0 spiro atoms. The fourth-order valence-electron chi connectivity index (χ4n) is 2.04. The van der Waals surface area contributed by atoms with Gasteiger partial charge < -0.3 is 14.8 Å². The van der Waals surface area contributed by atoms with E-state index in [0.717, 1.165) is 5.56 Å². The number of nitriles is 1. The fraction of sp³-hybridized carbons (Fsp3) is 0.500. The molecule has 0 amide bonds. The van der Waals surface area contributed by atoms with Crippen LogP contribution in [0.15, 0.2) is 18.2 Å². The molecule has 0 aliphatic rings. The van der Waals surface area contributed by atoms with Crippen molar-refractivity contribution >= 4 is 0 Å². The second-order valence-electron chi connectivity index (χ2n) is 4.67. The largest absolute Gasteiger partial charge is 0.493 e. The van der Waals surface area contributed by atoms with Gasteiger partial charge in [-0.15, -0.1) is 0 Å². The summed E-state index contributed by atoms with van der Waals surface area (Å²) in [4.78, 5) is 0. The lowest BCUT2D eigenvalue weighted by Gasteiger charge is -2.28. The van der Waals surface area contributed by atoms with Crippen LogP contribution in [0.5, 0.6) is 11.5 Å². The first kappa shape index (κ1) is 14.3. The van der Waals surface area contributed by atoms with E-state index < -0.39 is 5.41 Å². The molecule has 0 aromatic heterocycles. The van der Waals surface area contributed by atoms with E-state index >= 15 is 0 Å². The van der Waals surface area contributed by atoms with Crippen molar-refractivity contribution in [1.29, 1.82) is 5.26 Å². The van der Waals surface area contributed by atoms with Gasteiger partial charge in [-0.05, 0) is 38.6 Å². The Morgan fingerprint density at radius 2 is 1.83 bits per heavy atom. The molecule has 0 saturated carbocycles. The SMILES string of the molecule is CNC(c1ccc(OC)c(OC)c1)C(C)(C)C#N. The monoisotopic (exact) mass is 248 g/mol. The first-order valence-electron chi connectivity index (χ1n) is 5.80. The maximum Gasteiger partial charge on any atom is 0.161 e. The van der Waals surface area contributed by atoms with Gasteiger partial charge in [0.25, 0.3) is 0 Å². The average molecular weight is 248 g/mol. The van der Waals surface area contributed by atoms with E-state index in [4.69, 9.17) is 9.47 Å². The molecule has 0 radical (unpaired) electrons. The molecule has 1 aromatic rings. The van der Waals surface area contributed by atoms with E-state index in [1.807, 2.05) is 39.1 Å². The molecule has 1 aromatic carbocycles. The molecule has 0 fully saturated rings. The first-order chi connectivity index (χ1) is 8.50. The lowest BCUT2D eigenvalue weighted by atomic mass is 9.82. The van der Waals surface area contributed by atoms with Gasteiger partial charge in [-0.3, -0.25) is 0 Å². The van der Waals surface area contributed by atoms with Crippen molar-refractivity contribution < 1.29 is 9.47 Å². The van der Waals surface area contributed by atoms with E-state index in [2.05, 4.69) is 11.4 Å². The Morgan fingerprint density at radius 1 is 1.22 bits per heavy atom. The number of nitrogens with zero attached hydrogens (tertiary/aromatic N) is 1. The number of nitrogens with one attached hydrogen (secondary N) is 1. The minimum Gasteiger partial charge on any atom is -0.493 e. The maximum atomic E-state index is 9.24. The second kappa shape index (κ2) is 5.74. The number of rotatable bonds is 5. The lowest BCUT2D eigenvalue weighted by Crippen LogP contribution is -2.30. The Labute approximate surface area is 109 Å². The molecular formula is C14H20N2O2. The summed E-state index contributed by atoms with van der Waals surface area (Å²) in [5, 5.41) is 12.4. The van der Waals surface area contributed by atoms with Crippen LogP contribution < -0.4 is 14.8 Å². The molecular weight excluding hydrogens is 228 g/mol. The molecule has 1 rings (SSSR count). The van der Waals surface area contributed by atoms with Crippen LogP contribution in [0.25, 0.3) is 0 Å². The summed E-state index contributed by atoms with van der Waals surface area (Å²) in [7, 11) is 5.05. The Kier molecular flexibility index (Phi) is 4.57. The van der Waals surface area contributed by atoms with E-state index in [0.29, 0.717) is 11.5 Å². The van der Waals surface area contributed by atoms with E-state index in [-0.39, 0.29) is 6.04 Å². The summed E-state index contributed by atoms with van der Waals surface area (Å²) in [5.74, 6) is 1.36. The topological polar surface area (TPSA) is 54.3 Å². The van der Waals surface area contributed by atoms with Crippen LogP contribution in [-0.4, -0.2) is 21.3 Å². The molecule has 0 aliphatic carbocycles. The molecule has 0 heterocycles. The van der Waals surface area contributed by atoms with Gasteiger partial charge in [0, 0.05) is 0 Å². The molecule has 18 heavy (non-hydrogen) atoms. The van der Waals surface area contributed by atoms with Crippen LogP contribution in [-0.2, 0) is 0 Å². The van der Waals surface area contributed by atoms with Crippen molar-refractivity contribution in [3.63, 3.8) is 0 Å². The molecule has 4 nitrogen and oxygen atoms in total. The Morgan fingerprint density at radius 3 is 2.28 bits per heavy atom. The summed E-state index contributed by atoms with van der Waals surface area (Å²) < 4.78 is 10.5. The number of ether oxygens (including phenoxy) is 2. The first-order valence-corrected chi connectivity index (χ1v) is 5.80. The predicted molar refractivity (Wildman–Crippen MR) is 70.7 cm³/mol. The van der Waals surface area contributed by atoms with E-state index in [1.165, 1.54) is 0 Å². The van der Waals surface area contributed by atoms with Crippen LogP contribution in [0.2, 0.25) is 0 Å². The van der Waals surface area contributed by atoms with Gasteiger partial charge in [0.15, 0.2) is 11.5 Å². The van der Waals surface area contributed by atoms with Crippen molar-refractivity contribution in [1.82, 2.24) is 5.32 Å². The van der Waals surface area contributed by atoms with Crippen molar-refractivity contribution in [2.75, 3.05) is 21.3 Å². The summed E-state index contributed by atoms with van der Waals surface area (Å²) in [6, 6.07) is 7.96. The summed E-state index contributed by atoms with van der Waals surface area (Å²) in [6.07, 6.45) is 0. The lowest BCUT2D eigenvalue weighted by molar-refractivity contribution is 0.335. The van der Waals surface area contributed by atoms with Gasteiger partial charge in [0.1, 0.15) is 0 Å². The molecule has 1 unspecified atom stereocenters. The average Bonchev–Trinajstić information content (AvgIpc) is 2.39. The maximum absolute atomic E-state index is 9.24. The zero-order valence-corrected chi connectivity index (χ0v) is 11.6. The zero-order valence-electron chi connectivity index (χ0n) is 11.6. The van der Waals surface area contributed by atoms with Gasteiger partial charge in [0.05, 0.1) is 31.7 Å². The Bertz CT molecular complexity index is 450. The zero-order chi connectivity index (χ0) is 13.8. The van der Waals surface area contributed by atoms with Gasteiger partial charge in [-0.25, -0.2) is 0 Å². The third-order valence-corrected chi connectivity index (χ3v) is 3.04. The molecule has 98 valence electrons. The third kappa shape index (κ3) is 2.74. The molecule has 0 aliphatic heterocycles. The predicted octanol–water partition coefficient (Wildman–Crippen LogP) is 2.51. The Balaban J connectivity index is 3.20. The van der Waals surface area contributed by atoms with E-state index in [1.54, 1.807) is 14.2 Å². The van der Waals surface area contributed by atoms with Crippen molar-refractivity contribution in [3.8, 4) is 17.6 Å². The molecule has 1 N–H and O–H groups in total. The van der Waals surface area contributed by atoms with Crippen LogP contribution in [0.3, 0.4) is 0 Å². The normalized spacial score (nSPS) is 12.7. The summed E-state index contributed by atoms with van der Waals surface area (Å²) >= 11 is 0. The number of methoxy groups -OCH3 is 2. The highest BCUT2D eigenvalue weighted by Crippen LogP contribution is 2.36. The Hall–Kier alpha value is -1.73. The summed E-state index contributed by atoms with van der Waals surface area (Å²) in [6.45, 7) is 3.82. The standard InChI is InChI=1S/C14H20N2O2/c1-14(2,9-15)13(16-3)10-6-7-11(17-4)12(8-10)18-5/h6-8,13,16H,1-5H3. The van der Waals surface area contributed by atoms with Crippen molar-refractivity contribution in [2.24, 2.45) is 5.41 Å². The van der Waals surface area contributed by atoms with Crippen molar-refractivity contribution in [3.05, 3.63) is 23.8 Å². The van der Waals surface area contributed by atoms with Gasteiger partial charge in [0.2, 0.25) is 0 Å². The quantitative estimate of drug-likeness (QED) is 0.870. The van der Waals surface area contributed by atoms with Crippen LogP contribution in [0.1, 0.15) is 25.5 Å². The second-order valence-corrected chi connectivity index (χ2v) is 4.67. The van der Waals surface area contributed by atoms with Crippen LogP contribution >= 0.6 is 0 Å². The van der Waals surface area contributed by atoms with Crippen LogP contribution in [0, 0.1) is 16.7 Å². The molecule has 1 atom stereocenters. The highest BCUT2D eigenvalue weighted by Gasteiger charge is 2.30. The molecule has 0 bridgehead atoms. The minimum atomic E-state index is -0.506. The number of benzene rings is 1. The minimum absolute atomic E-state index is 0.0673. The van der Waals surface area contributed by atoms with E-state index in [9.17, 15) is 5.26 Å². The highest BCUT2D eigenvalue weighted by atomic mass is 16.5. The van der Waals surface area contributed by atoms with Crippen molar-refractivity contribution in [2.45, 2.75) is 19.9 Å². The number of hydrogen-bond donors (Lipinski definition) is 1. The highest BCUT2D eigenvalue weighted by molar-refractivity contribution is 5.44. The third-order valence-electron chi connectivity index (χ3n) is 3.04. The molecule has 0 saturated heterocycles. The van der Waals surface area contributed by atoms with Crippen LogP contribution in [0.4, 0.5) is 0 Å². The van der Waals surface area contributed by atoms with Gasteiger partial charge in [-0.2, -0.15) is 5.26 Å². The fourth-order valence-corrected chi connectivity index (χ4v) is 2.04. The summed E-state index contributed by atoms with van der Waals surface area (Å²) in [5.41, 5.74) is 0.496. The smallest absolute Gasteiger partial charge is 0.161 e. The van der Waals surface area contributed by atoms with Gasteiger partial charge in [-0.1, -0.05) is 6.07 Å². The molecule has 4 heteroatoms. The number of hydrogen-bond acceptors (Lipinski definition) is 4.